The van der Waals surface area contributed by atoms with Crippen molar-refractivity contribution >= 4 is 17.6 Å². The second kappa shape index (κ2) is 6.13. The molecule has 2 rings (SSSR count). The molecule has 0 bridgehead atoms. The number of hydrogen-bond acceptors (Lipinski definition) is 3. The van der Waals surface area contributed by atoms with Crippen LogP contribution in [-0.4, -0.2) is 19.0 Å². The molecule has 0 aromatic heterocycles. The fraction of sp³-hybridized carbons (Fsp3) is 0.0667. The summed E-state index contributed by atoms with van der Waals surface area (Å²) in [6.07, 6.45) is 0. The third kappa shape index (κ3) is 3.22. The maximum absolute atomic E-state index is 13.5. The van der Waals surface area contributed by atoms with E-state index < -0.39 is 29.1 Å². The Morgan fingerprint density at radius 2 is 1.76 bits per heavy atom. The summed E-state index contributed by atoms with van der Waals surface area (Å²) in [5.74, 6) is -3.10. The molecule has 0 saturated heterocycles. The lowest BCUT2D eigenvalue weighted by Gasteiger charge is -2.10. The van der Waals surface area contributed by atoms with E-state index in [1.165, 1.54) is 19.2 Å². The fourth-order valence-corrected chi connectivity index (χ4v) is 1.74. The Bertz CT molecular complexity index is 701. The van der Waals surface area contributed by atoms with E-state index in [9.17, 15) is 18.4 Å². The van der Waals surface area contributed by atoms with E-state index in [1.54, 1.807) is 12.1 Å². The Balaban J connectivity index is 2.32. The summed E-state index contributed by atoms with van der Waals surface area (Å²) in [5.41, 5.74) is -0.183. The zero-order valence-corrected chi connectivity index (χ0v) is 11.0. The van der Waals surface area contributed by atoms with Crippen LogP contribution in [0.1, 0.15) is 20.7 Å². The number of carbonyl (C=O) groups is 2. The molecule has 2 aromatic carbocycles. The summed E-state index contributed by atoms with van der Waals surface area (Å²) < 4.78 is 31.2. The number of para-hydroxylation sites is 1. The van der Waals surface area contributed by atoms with E-state index in [-0.39, 0.29) is 11.3 Å². The van der Waals surface area contributed by atoms with Gasteiger partial charge in [0, 0.05) is 0 Å². The van der Waals surface area contributed by atoms with Crippen molar-refractivity contribution in [1.82, 2.24) is 0 Å². The summed E-state index contributed by atoms with van der Waals surface area (Å²) >= 11 is 0. The quantitative estimate of drug-likeness (QED) is 0.884. The van der Waals surface area contributed by atoms with Crippen LogP contribution in [-0.2, 0) is 4.74 Å². The van der Waals surface area contributed by atoms with Crippen LogP contribution in [0.2, 0.25) is 0 Å². The number of halogens is 2. The van der Waals surface area contributed by atoms with Crippen LogP contribution in [0.5, 0.6) is 0 Å². The normalized spacial score (nSPS) is 10.0. The summed E-state index contributed by atoms with van der Waals surface area (Å²) in [5, 5.41) is 2.36. The third-order valence-corrected chi connectivity index (χ3v) is 2.75. The molecule has 0 atom stereocenters. The van der Waals surface area contributed by atoms with Crippen LogP contribution in [0, 0.1) is 11.6 Å². The lowest BCUT2D eigenvalue weighted by molar-refractivity contribution is 0.0602. The SMILES string of the molecule is COC(=O)c1ccccc1NC(=O)c1cc(F)ccc1F. The zero-order valence-electron chi connectivity index (χ0n) is 11.0. The Morgan fingerprint density at radius 3 is 2.48 bits per heavy atom. The highest BCUT2D eigenvalue weighted by Crippen LogP contribution is 2.18. The van der Waals surface area contributed by atoms with Gasteiger partial charge >= 0.3 is 5.97 Å². The Hall–Kier alpha value is -2.76. The summed E-state index contributed by atoms with van der Waals surface area (Å²) in [7, 11) is 1.20. The topological polar surface area (TPSA) is 55.4 Å². The van der Waals surface area contributed by atoms with Crippen molar-refractivity contribution < 1.29 is 23.1 Å². The predicted octanol–water partition coefficient (Wildman–Crippen LogP) is 3.00. The van der Waals surface area contributed by atoms with Crippen molar-refractivity contribution in [2.24, 2.45) is 0 Å². The molecule has 2 aromatic rings. The Morgan fingerprint density at radius 1 is 1.05 bits per heavy atom. The number of benzene rings is 2. The number of hydrogen-bond donors (Lipinski definition) is 1. The molecule has 0 spiro atoms. The zero-order chi connectivity index (χ0) is 15.4. The highest BCUT2D eigenvalue weighted by Gasteiger charge is 2.17. The molecule has 0 aliphatic carbocycles. The van der Waals surface area contributed by atoms with E-state index in [0.717, 1.165) is 18.2 Å². The average Bonchev–Trinajstić information content (AvgIpc) is 2.49. The van der Waals surface area contributed by atoms with E-state index in [2.05, 4.69) is 10.1 Å². The molecular weight excluding hydrogens is 280 g/mol. The maximum atomic E-state index is 13.5. The molecule has 0 heterocycles. The second-order valence-corrected chi connectivity index (χ2v) is 4.12. The van der Waals surface area contributed by atoms with Crippen LogP contribution in [0.15, 0.2) is 42.5 Å². The van der Waals surface area contributed by atoms with Gasteiger partial charge in [-0.25, -0.2) is 13.6 Å². The highest BCUT2D eigenvalue weighted by molar-refractivity contribution is 6.08. The first-order chi connectivity index (χ1) is 10.0. The van der Waals surface area contributed by atoms with Crippen molar-refractivity contribution in [1.29, 1.82) is 0 Å². The molecule has 0 radical (unpaired) electrons. The van der Waals surface area contributed by atoms with Crippen LogP contribution < -0.4 is 5.32 Å². The van der Waals surface area contributed by atoms with E-state index in [4.69, 9.17) is 0 Å². The molecule has 0 fully saturated rings. The van der Waals surface area contributed by atoms with E-state index >= 15 is 0 Å². The molecule has 1 amide bonds. The van der Waals surface area contributed by atoms with Gasteiger partial charge in [-0.05, 0) is 30.3 Å². The van der Waals surface area contributed by atoms with Crippen molar-refractivity contribution in [2.45, 2.75) is 0 Å². The van der Waals surface area contributed by atoms with Gasteiger partial charge in [0.05, 0.1) is 23.9 Å². The van der Waals surface area contributed by atoms with Crippen molar-refractivity contribution in [2.75, 3.05) is 12.4 Å². The van der Waals surface area contributed by atoms with Gasteiger partial charge in [0.1, 0.15) is 11.6 Å². The number of ether oxygens (including phenoxy) is 1. The van der Waals surface area contributed by atoms with Gasteiger partial charge in [0.15, 0.2) is 0 Å². The number of amides is 1. The van der Waals surface area contributed by atoms with Crippen LogP contribution in [0.3, 0.4) is 0 Å². The molecule has 0 aliphatic heterocycles. The van der Waals surface area contributed by atoms with Crippen LogP contribution in [0.25, 0.3) is 0 Å². The smallest absolute Gasteiger partial charge is 0.339 e. The molecule has 0 unspecified atom stereocenters. The van der Waals surface area contributed by atoms with Gasteiger partial charge in [-0.3, -0.25) is 4.79 Å². The molecule has 0 saturated carbocycles. The number of rotatable bonds is 3. The molecule has 4 nitrogen and oxygen atoms in total. The monoisotopic (exact) mass is 291 g/mol. The first-order valence-electron chi connectivity index (χ1n) is 5.96. The van der Waals surface area contributed by atoms with E-state index in [1.807, 2.05) is 0 Å². The van der Waals surface area contributed by atoms with Gasteiger partial charge in [-0.15, -0.1) is 0 Å². The summed E-state index contributed by atoms with van der Waals surface area (Å²) in [6, 6.07) is 8.63. The predicted molar refractivity (Wildman–Crippen MR) is 72.1 cm³/mol. The minimum absolute atomic E-state index is 0.116. The van der Waals surface area contributed by atoms with Gasteiger partial charge in [-0.1, -0.05) is 12.1 Å². The molecule has 0 aliphatic rings. The van der Waals surface area contributed by atoms with Crippen molar-refractivity contribution in [3.8, 4) is 0 Å². The van der Waals surface area contributed by atoms with Gasteiger partial charge < -0.3 is 10.1 Å². The Kier molecular flexibility index (Phi) is 4.27. The summed E-state index contributed by atoms with van der Waals surface area (Å²) in [6.45, 7) is 0. The maximum Gasteiger partial charge on any atom is 0.339 e. The molecule has 108 valence electrons. The lowest BCUT2D eigenvalue weighted by Crippen LogP contribution is -2.17. The number of methoxy groups -OCH3 is 1. The van der Waals surface area contributed by atoms with Crippen LogP contribution in [0.4, 0.5) is 14.5 Å². The lowest BCUT2D eigenvalue weighted by atomic mass is 10.1. The largest absolute Gasteiger partial charge is 0.465 e. The standard InChI is InChI=1S/C15H11F2NO3/c1-21-15(20)10-4-2-3-5-13(10)18-14(19)11-8-9(16)6-7-12(11)17/h2-8H,1H3,(H,18,19). The van der Waals surface area contributed by atoms with Crippen molar-refractivity contribution in [3.05, 3.63) is 65.2 Å². The number of esters is 1. The van der Waals surface area contributed by atoms with Crippen LogP contribution >= 0.6 is 0 Å². The second-order valence-electron chi connectivity index (χ2n) is 4.12. The summed E-state index contributed by atoms with van der Waals surface area (Å²) in [4.78, 5) is 23.5. The van der Waals surface area contributed by atoms with E-state index in [0.29, 0.717) is 0 Å². The van der Waals surface area contributed by atoms with Gasteiger partial charge in [0.25, 0.3) is 5.91 Å². The molecular formula is C15H11F2NO3. The van der Waals surface area contributed by atoms with Gasteiger partial charge in [-0.2, -0.15) is 0 Å². The molecule has 21 heavy (non-hydrogen) atoms. The first-order valence-corrected chi connectivity index (χ1v) is 5.96. The van der Waals surface area contributed by atoms with Gasteiger partial charge in [0.2, 0.25) is 0 Å². The first kappa shape index (κ1) is 14.6. The minimum atomic E-state index is -0.858. The average molecular weight is 291 g/mol. The number of nitrogens with one attached hydrogen (secondary N) is 1. The van der Waals surface area contributed by atoms with Crippen molar-refractivity contribution in [3.63, 3.8) is 0 Å². The Labute approximate surface area is 119 Å². The molecule has 1 N–H and O–H groups in total. The minimum Gasteiger partial charge on any atom is -0.465 e. The number of carbonyl (C=O) groups excluding carboxylic acids is 2. The molecule has 6 heteroatoms. The highest BCUT2D eigenvalue weighted by atomic mass is 19.1. The fourth-order valence-electron chi connectivity index (χ4n) is 1.74. The number of anilines is 1. The third-order valence-electron chi connectivity index (χ3n) is 2.75.